The van der Waals surface area contributed by atoms with Crippen LogP contribution in [0.4, 0.5) is 4.39 Å². The number of halogens is 3. The van der Waals surface area contributed by atoms with Crippen LogP contribution < -0.4 is 10.1 Å². The molecule has 2 rings (SSSR count). The molecule has 0 spiro atoms. The molecule has 0 saturated heterocycles. The molecule has 1 aromatic heterocycles. The highest BCUT2D eigenvalue weighted by Gasteiger charge is 2.21. The molecule has 1 aromatic carbocycles. The molecule has 0 radical (unpaired) electrons. The molecule has 6 heteroatoms. The fourth-order valence-electron chi connectivity index (χ4n) is 1.96. The lowest BCUT2D eigenvalue weighted by molar-refractivity contribution is 0.404. The topological polar surface area (TPSA) is 21.3 Å². The fourth-order valence-corrected chi connectivity index (χ4v) is 3.49. The van der Waals surface area contributed by atoms with Gasteiger partial charge in [-0.15, -0.1) is 11.3 Å². The first-order valence-electron chi connectivity index (χ1n) is 5.52. The Hall–Kier alpha value is -0.810. The summed E-state index contributed by atoms with van der Waals surface area (Å²) in [6.07, 6.45) is 0. The van der Waals surface area contributed by atoms with E-state index < -0.39 is 0 Å². The number of rotatable bonds is 4. The summed E-state index contributed by atoms with van der Waals surface area (Å²) in [6, 6.07) is 5.89. The van der Waals surface area contributed by atoms with E-state index in [1.807, 2.05) is 0 Å². The Morgan fingerprint density at radius 1 is 1.26 bits per heavy atom. The van der Waals surface area contributed by atoms with Gasteiger partial charge in [0.25, 0.3) is 0 Å². The van der Waals surface area contributed by atoms with Crippen molar-refractivity contribution in [3.63, 3.8) is 0 Å². The van der Waals surface area contributed by atoms with Crippen molar-refractivity contribution in [2.75, 3.05) is 14.2 Å². The Bertz CT molecular complexity index is 588. The van der Waals surface area contributed by atoms with Gasteiger partial charge in [0.05, 0.1) is 21.8 Å². The third-order valence-corrected chi connectivity index (χ3v) is 4.30. The average Bonchev–Trinajstić information content (AvgIpc) is 2.70. The Morgan fingerprint density at radius 2 is 2.00 bits per heavy atom. The molecule has 0 amide bonds. The van der Waals surface area contributed by atoms with E-state index in [0.717, 1.165) is 5.56 Å². The third kappa shape index (κ3) is 3.03. The van der Waals surface area contributed by atoms with E-state index >= 15 is 0 Å². The largest absolute Gasteiger partial charge is 0.496 e. The van der Waals surface area contributed by atoms with E-state index in [1.165, 1.54) is 23.5 Å². The predicted molar refractivity (Wildman–Crippen MR) is 78.2 cm³/mol. The van der Waals surface area contributed by atoms with Crippen LogP contribution in [0.15, 0.2) is 24.3 Å². The smallest absolute Gasteiger partial charge is 0.124 e. The normalized spacial score (nSPS) is 12.5. The maximum Gasteiger partial charge on any atom is 0.124 e. The van der Waals surface area contributed by atoms with Crippen LogP contribution in [0.3, 0.4) is 0 Å². The van der Waals surface area contributed by atoms with E-state index in [0.29, 0.717) is 20.0 Å². The lowest BCUT2D eigenvalue weighted by Gasteiger charge is -2.19. The standard InChI is InChI=1S/C13H12Cl2FNOS/c1-17-12(9-6-11(14)19-13(9)15)8-5-7(16)3-4-10(8)18-2/h3-6,12,17H,1-2H3. The number of ether oxygens (including phenoxy) is 1. The van der Waals surface area contributed by atoms with Gasteiger partial charge >= 0.3 is 0 Å². The van der Waals surface area contributed by atoms with Crippen molar-refractivity contribution in [2.24, 2.45) is 0 Å². The fraction of sp³-hybridized carbons (Fsp3) is 0.231. The molecule has 1 atom stereocenters. The van der Waals surface area contributed by atoms with E-state index in [9.17, 15) is 4.39 Å². The second-order valence-electron chi connectivity index (χ2n) is 3.89. The highest BCUT2D eigenvalue weighted by Crippen LogP contribution is 2.39. The van der Waals surface area contributed by atoms with Gasteiger partial charge in [-0.1, -0.05) is 23.2 Å². The second-order valence-corrected chi connectivity index (χ2v) is 6.17. The van der Waals surface area contributed by atoms with E-state index in [4.69, 9.17) is 27.9 Å². The van der Waals surface area contributed by atoms with Gasteiger partial charge in [-0.3, -0.25) is 0 Å². The number of hydrogen-bond donors (Lipinski definition) is 1. The van der Waals surface area contributed by atoms with Gasteiger partial charge in [-0.05, 0) is 31.3 Å². The highest BCUT2D eigenvalue weighted by atomic mass is 35.5. The zero-order chi connectivity index (χ0) is 14.0. The van der Waals surface area contributed by atoms with Crippen LogP contribution in [0.5, 0.6) is 5.75 Å². The van der Waals surface area contributed by atoms with E-state index in [1.54, 1.807) is 26.3 Å². The summed E-state index contributed by atoms with van der Waals surface area (Å²) < 4.78 is 19.9. The van der Waals surface area contributed by atoms with E-state index in [-0.39, 0.29) is 11.9 Å². The third-order valence-electron chi connectivity index (χ3n) is 2.79. The maximum absolute atomic E-state index is 13.5. The van der Waals surface area contributed by atoms with Gasteiger partial charge in [0.1, 0.15) is 11.6 Å². The van der Waals surface area contributed by atoms with Crippen LogP contribution in [0.2, 0.25) is 8.67 Å². The molecule has 0 fully saturated rings. The Morgan fingerprint density at radius 3 is 2.53 bits per heavy atom. The first-order chi connectivity index (χ1) is 9.06. The summed E-state index contributed by atoms with van der Waals surface area (Å²) in [7, 11) is 3.32. The summed E-state index contributed by atoms with van der Waals surface area (Å²) >= 11 is 13.4. The quantitative estimate of drug-likeness (QED) is 0.895. The van der Waals surface area contributed by atoms with Gasteiger partial charge in [-0.2, -0.15) is 0 Å². The molecular weight excluding hydrogens is 308 g/mol. The van der Waals surface area contributed by atoms with Crippen LogP contribution in [0, 0.1) is 5.82 Å². The monoisotopic (exact) mass is 319 g/mol. The second kappa shape index (κ2) is 6.09. The number of methoxy groups -OCH3 is 1. The molecule has 1 N–H and O–H groups in total. The van der Waals surface area contributed by atoms with Crippen molar-refractivity contribution in [3.05, 3.63) is 49.9 Å². The summed E-state index contributed by atoms with van der Waals surface area (Å²) in [4.78, 5) is 0. The summed E-state index contributed by atoms with van der Waals surface area (Å²) in [5.74, 6) is 0.271. The van der Waals surface area contributed by atoms with Crippen molar-refractivity contribution in [1.82, 2.24) is 5.32 Å². The minimum absolute atomic E-state index is 0.276. The Labute approximate surface area is 125 Å². The van der Waals surface area contributed by atoms with E-state index in [2.05, 4.69) is 5.32 Å². The van der Waals surface area contributed by atoms with Crippen LogP contribution in [0.1, 0.15) is 17.2 Å². The first kappa shape index (κ1) is 14.6. The van der Waals surface area contributed by atoms with Crippen LogP contribution in [-0.4, -0.2) is 14.2 Å². The summed E-state index contributed by atoms with van der Waals surface area (Å²) in [6.45, 7) is 0. The molecule has 1 unspecified atom stereocenters. The molecule has 19 heavy (non-hydrogen) atoms. The van der Waals surface area contributed by atoms with Crippen molar-refractivity contribution in [3.8, 4) is 5.75 Å². The Kier molecular flexibility index (Phi) is 4.68. The average molecular weight is 320 g/mol. The van der Waals surface area contributed by atoms with Crippen molar-refractivity contribution < 1.29 is 9.13 Å². The predicted octanol–water partition coefficient (Wildman–Crippen LogP) is 4.51. The minimum Gasteiger partial charge on any atom is -0.496 e. The molecular formula is C13H12Cl2FNOS. The van der Waals surface area contributed by atoms with Gasteiger partial charge in [0, 0.05) is 11.1 Å². The van der Waals surface area contributed by atoms with Crippen LogP contribution >= 0.6 is 34.5 Å². The molecule has 102 valence electrons. The SMILES string of the molecule is CNC(c1cc(F)ccc1OC)c1cc(Cl)sc1Cl. The summed E-state index contributed by atoms with van der Waals surface area (Å²) in [5, 5.41) is 3.11. The summed E-state index contributed by atoms with van der Waals surface area (Å²) in [5.41, 5.74) is 1.49. The van der Waals surface area contributed by atoms with Crippen molar-refractivity contribution >= 4 is 34.5 Å². The number of thiophene rings is 1. The zero-order valence-electron chi connectivity index (χ0n) is 10.3. The zero-order valence-corrected chi connectivity index (χ0v) is 12.7. The highest BCUT2D eigenvalue weighted by molar-refractivity contribution is 7.20. The molecule has 0 aliphatic rings. The molecule has 0 aliphatic heterocycles. The lowest BCUT2D eigenvalue weighted by atomic mass is 10.0. The van der Waals surface area contributed by atoms with Crippen molar-refractivity contribution in [1.29, 1.82) is 0 Å². The Balaban J connectivity index is 2.53. The number of nitrogens with one attached hydrogen (secondary N) is 1. The van der Waals surface area contributed by atoms with Gasteiger partial charge < -0.3 is 10.1 Å². The minimum atomic E-state index is -0.325. The van der Waals surface area contributed by atoms with Gasteiger partial charge in [0.15, 0.2) is 0 Å². The molecule has 2 aromatic rings. The first-order valence-corrected chi connectivity index (χ1v) is 7.09. The van der Waals surface area contributed by atoms with Crippen molar-refractivity contribution in [2.45, 2.75) is 6.04 Å². The maximum atomic E-state index is 13.5. The van der Waals surface area contributed by atoms with Crippen LogP contribution in [0.25, 0.3) is 0 Å². The van der Waals surface area contributed by atoms with Gasteiger partial charge in [-0.25, -0.2) is 4.39 Å². The molecule has 0 bridgehead atoms. The molecule has 2 nitrogen and oxygen atoms in total. The number of hydrogen-bond acceptors (Lipinski definition) is 3. The number of benzene rings is 1. The van der Waals surface area contributed by atoms with Gasteiger partial charge in [0.2, 0.25) is 0 Å². The molecule has 0 saturated carbocycles. The molecule has 0 aliphatic carbocycles. The lowest BCUT2D eigenvalue weighted by Crippen LogP contribution is -2.18. The van der Waals surface area contributed by atoms with Crippen LogP contribution in [-0.2, 0) is 0 Å². The molecule has 1 heterocycles.